The van der Waals surface area contributed by atoms with Crippen molar-refractivity contribution in [1.29, 1.82) is 0 Å². The van der Waals surface area contributed by atoms with Crippen LogP contribution in [-0.2, 0) is 5.41 Å². The largest absolute Gasteiger partial charge is 0.0844 e. The van der Waals surface area contributed by atoms with Crippen LogP contribution in [0, 0.1) is 65.1 Å². The van der Waals surface area contributed by atoms with Crippen LogP contribution in [-0.4, -0.2) is 0 Å². The van der Waals surface area contributed by atoms with Gasteiger partial charge in [0.25, 0.3) is 0 Å². The smallest absolute Gasteiger partial charge is 0.00564 e. The predicted octanol–water partition coefficient (Wildman–Crippen LogP) is 12.6. The van der Waals surface area contributed by atoms with Gasteiger partial charge in [0, 0.05) is 5.41 Å². The summed E-state index contributed by atoms with van der Waals surface area (Å²) in [5, 5.41) is 0. The molecule has 6 aliphatic rings. The van der Waals surface area contributed by atoms with E-state index in [0.29, 0.717) is 16.7 Å². The Morgan fingerprint density at radius 2 is 1.61 bits per heavy atom. The number of fused-ring (bicyclic) bond motifs is 5. The van der Waals surface area contributed by atoms with Gasteiger partial charge in [-0.2, -0.15) is 0 Å². The molecule has 0 spiro atoms. The monoisotopic (exact) mass is 593 g/mol. The van der Waals surface area contributed by atoms with E-state index in [4.69, 9.17) is 0 Å². The predicted molar refractivity (Wildman–Crippen MR) is 189 cm³/mol. The lowest BCUT2D eigenvalue weighted by Crippen LogP contribution is -2.53. The number of rotatable bonds is 8. The van der Waals surface area contributed by atoms with E-state index >= 15 is 0 Å². The molecule has 240 valence electrons. The number of benzene rings is 1. The van der Waals surface area contributed by atoms with Gasteiger partial charge in [-0.05, 0) is 147 Å². The molecule has 9 atom stereocenters. The highest BCUT2D eigenvalue weighted by Gasteiger charge is 2.60. The molecule has 0 aliphatic heterocycles. The normalized spacial score (nSPS) is 40.8. The molecule has 1 aromatic carbocycles. The Morgan fingerprint density at radius 1 is 0.818 bits per heavy atom. The lowest BCUT2D eigenvalue weighted by atomic mass is 9.44. The SMILES string of the molecule is Cc1ccc(C2(C3C=CC(C4CCC4)=CC3)CCC3(C)C(=CCC4C3CCC3(C)C(C(C)CCCC(C)C)CCC43)C2)cc1. The highest BCUT2D eigenvalue weighted by molar-refractivity contribution is 5.40. The summed E-state index contributed by atoms with van der Waals surface area (Å²) in [6, 6.07) is 9.80. The number of hydrogen-bond donors (Lipinski definition) is 0. The van der Waals surface area contributed by atoms with E-state index in [9.17, 15) is 0 Å². The lowest BCUT2D eigenvalue weighted by molar-refractivity contribution is -0.0558. The van der Waals surface area contributed by atoms with E-state index in [1.165, 1.54) is 102 Å². The van der Waals surface area contributed by atoms with Gasteiger partial charge in [-0.3, -0.25) is 0 Å². The van der Waals surface area contributed by atoms with Gasteiger partial charge in [0.05, 0.1) is 0 Å². The standard InChI is InChI=1S/C44H64/c1-30(2)9-7-10-32(4)39-23-24-40-38-22-21-37-29-44(35-17-13-31(3)14-18-35,36-19-15-34(16-20-36)33-11-8-12-33)28-27-42(37,5)41(38)25-26-43(39,40)6/h13-19,21,30,32-33,36,38-41H,7-12,20,22-29H2,1-6H3. The third kappa shape index (κ3) is 5.16. The van der Waals surface area contributed by atoms with Gasteiger partial charge in [-0.15, -0.1) is 0 Å². The maximum atomic E-state index is 2.84. The third-order valence-electron chi connectivity index (χ3n) is 15.5. The minimum atomic E-state index is 0.247. The van der Waals surface area contributed by atoms with Gasteiger partial charge >= 0.3 is 0 Å². The van der Waals surface area contributed by atoms with E-state index in [0.717, 1.165) is 41.4 Å². The summed E-state index contributed by atoms with van der Waals surface area (Å²) < 4.78 is 0. The number of aryl methyl sites for hydroxylation is 1. The van der Waals surface area contributed by atoms with Gasteiger partial charge < -0.3 is 0 Å². The van der Waals surface area contributed by atoms with Crippen LogP contribution in [0.1, 0.15) is 142 Å². The zero-order chi connectivity index (χ0) is 30.7. The molecule has 0 radical (unpaired) electrons. The van der Waals surface area contributed by atoms with Gasteiger partial charge in [0.2, 0.25) is 0 Å². The van der Waals surface area contributed by atoms with E-state index in [1.807, 2.05) is 5.57 Å². The van der Waals surface area contributed by atoms with E-state index < -0.39 is 0 Å². The fourth-order valence-corrected chi connectivity index (χ4v) is 12.5. The summed E-state index contributed by atoms with van der Waals surface area (Å²) in [7, 11) is 0. The molecule has 7 rings (SSSR count). The van der Waals surface area contributed by atoms with Crippen molar-refractivity contribution in [2.24, 2.45) is 58.2 Å². The highest BCUT2D eigenvalue weighted by atomic mass is 14.6. The molecule has 0 N–H and O–H groups in total. The molecule has 4 fully saturated rings. The molecule has 0 amide bonds. The molecule has 0 nitrogen and oxygen atoms in total. The molecule has 0 bridgehead atoms. The van der Waals surface area contributed by atoms with E-state index in [2.05, 4.69) is 90.1 Å². The van der Waals surface area contributed by atoms with Crippen LogP contribution in [0.5, 0.6) is 0 Å². The molecule has 9 unspecified atom stereocenters. The average molecular weight is 593 g/mol. The molecular formula is C44H64. The summed E-state index contributed by atoms with van der Waals surface area (Å²) in [6.07, 6.45) is 31.9. The second kappa shape index (κ2) is 11.9. The van der Waals surface area contributed by atoms with E-state index in [1.54, 1.807) is 11.1 Å². The molecule has 4 saturated carbocycles. The number of allylic oxidation sites excluding steroid dienone is 6. The minimum Gasteiger partial charge on any atom is -0.0844 e. The highest BCUT2D eigenvalue weighted by Crippen LogP contribution is 2.69. The van der Waals surface area contributed by atoms with Gasteiger partial charge in [-0.1, -0.05) is 120 Å². The molecule has 0 heterocycles. The topological polar surface area (TPSA) is 0 Å². The Bertz CT molecular complexity index is 1270. The molecule has 0 aromatic heterocycles. The van der Waals surface area contributed by atoms with Crippen molar-refractivity contribution >= 4 is 0 Å². The van der Waals surface area contributed by atoms with Crippen LogP contribution in [0.25, 0.3) is 0 Å². The molecule has 6 aliphatic carbocycles. The summed E-state index contributed by atoms with van der Waals surface area (Å²) in [5.41, 5.74) is 7.75. The first-order valence-corrected chi connectivity index (χ1v) is 19.3. The van der Waals surface area contributed by atoms with E-state index in [-0.39, 0.29) is 5.41 Å². The van der Waals surface area contributed by atoms with Gasteiger partial charge in [-0.25, -0.2) is 0 Å². The van der Waals surface area contributed by atoms with Crippen molar-refractivity contribution in [3.63, 3.8) is 0 Å². The first-order chi connectivity index (χ1) is 21.1. The van der Waals surface area contributed by atoms with Crippen LogP contribution in [0.3, 0.4) is 0 Å². The third-order valence-corrected chi connectivity index (χ3v) is 15.5. The van der Waals surface area contributed by atoms with Crippen LogP contribution >= 0.6 is 0 Å². The Morgan fingerprint density at radius 3 is 2.30 bits per heavy atom. The maximum absolute atomic E-state index is 2.84. The molecular weight excluding hydrogens is 528 g/mol. The summed E-state index contributed by atoms with van der Waals surface area (Å²) in [5.74, 6) is 6.96. The molecule has 1 aromatic rings. The van der Waals surface area contributed by atoms with Crippen LogP contribution < -0.4 is 0 Å². The maximum Gasteiger partial charge on any atom is 0.00564 e. The molecule has 0 saturated heterocycles. The van der Waals surface area contributed by atoms with Crippen molar-refractivity contribution in [2.45, 2.75) is 143 Å². The minimum absolute atomic E-state index is 0.247. The lowest BCUT2D eigenvalue weighted by Gasteiger charge is -2.61. The van der Waals surface area contributed by atoms with Gasteiger partial charge in [0.1, 0.15) is 0 Å². The molecule has 0 heteroatoms. The summed E-state index contributed by atoms with van der Waals surface area (Å²) in [6.45, 7) is 15.2. The Hall–Kier alpha value is -1.56. The zero-order valence-electron chi connectivity index (χ0n) is 29.3. The number of hydrogen-bond acceptors (Lipinski definition) is 0. The Balaban J connectivity index is 1.13. The first kappa shape index (κ1) is 31.1. The fourth-order valence-electron chi connectivity index (χ4n) is 12.5. The average Bonchev–Trinajstić information content (AvgIpc) is 3.34. The van der Waals surface area contributed by atoms with Crippen molar-refractivity contribution in [1.82, 2.24) is 0 Å². The van der Waals surface area contributed by atoms with Crippen LogP contribution in [0.2, 0.25) is 0 Å². The second-order valence-electron chi connectivity index (χ2n) is 18.0. The quantitative estimate of drug-likeness (QED) is 0.263. The second-order valence-corrected chi connectivity index (χ2v) is 18.0. The van der Waals surface area contributed by atoms with Crippen LogP contribution in [0.4, 0.5) is 0 Å². The Kier molecular flexibility index (Phi) is 8.41. The summed E-state index contributed by atoms with van der Waals surface area (Å²) >= 11 is 0. The molecule has 44 heavy (non-hydrogen) atoms. The fraction of sp³-hybridized carbons (Fsp3) is 0.727. The van der Waals surface area contributed by atoms with Crippen molar-refractivity contribution in [3.05, 3.63) is 70.8 Å². The van der Waals surface area contributed by atoms with Crippen LogP contribution in [0.15, 0.2) is 59.7 Å². The zero-order valence-corrected chi connectivity index (χ0v) is 29.3. The summed E-state index contributed by atoms with van der Waals surface area (Å²) in [4.78, 5) is 0. The van der Waals surface area contributed by atoms with Gasteiger partial charge in [0.15, 0.2) is 0 Å². The van der Waals surface area contributed by atoms with Crippen molar-refractivity contribution in [2.75, 3.05) is 0 Å². The van der Waals surface area contributed by atoms with Crippen molar-refractivity contribution in [3.8, 4) is 0 Å². The van der Waals surface area contributed by atoms with Crippen molar-refractivity contribution < 1.29 is 0 Å². The first-order valence-electron chi connectivity index (χ1n) is 19.3. The Labute approximate surface area is 271 Å².